The number of nitriles is 1. The third kappa shape index (κ3) is 3.92. The number of terminal acetylenes is 1. The van der Waals surface area contributed by atoms with E-state index in [2.05, 4.69) is 12.0 Å². The second-order valence-corrected chi connectivity index (χ2v) is 5.15. The first-order valence-electron chi connectivity index (χ1n) is 6.68. The number of allylic oxidation sites excluding steroid dienone is 1. The van der Waals surface area contributed by atoms with Crippen LogP contribution >= 0.6 is 11.6 Å². The molecule has 0 aromatic heterocycles. The van der Waals surface area contributed by atoms with Crippen LogP contribution in [0.15, 0.2) is 42.5 Å². The van der Waals surface area contributed by atoms with E-state index < -0.39 is 0 Å². The smallest absolute Gasteiger partial charge is 0.148 e. The van der Waals surface area contributed by atoms with Crippen LogP contribution < -0.4 is 4.74 Å². The number of halogens is 1. The number of hydrogen-bond acceptors (Lipinski definition) is 2. The molecule has 0 aliphatic rings. The quantitative estimate of drug-likeness (QED) is 0.465. The highest BCUT2D eigenvalue weighted by molar-refractivity contribution is 6.30. The zero-order valence-corrected chi connectivity index (χ0v) is 12.9. The molecule has 0 radical (unpaired) electrons. The van der Waals surface area contributed by atoms with Crippen LogP contribution in [0.3, 0.4) is 0 Å². The Kier molecular flexibility index (Phi) is 5.26. The number of ether oxygens (including phenoxy) is 1. The normalized spacial score (nSPS) is 10.6. The summed E-state index contributed by atoms with van der Waals surface area (Å²) in [5, 5.41) is 9.99. The lowest BCUT2D eigenvalue weighted by molar-refractivity contribution is 0.369. The molecule has 0 spiro atoms. The summed E-state index contributed by atoms with van der Waals surface area (Å²) in [7, 11) is 0. The molecular formula is C19H14ClNO. The van der Waals surface area contributed by atoms with Crippen molar-refractivity contribution >= 4 is 23.3 Å². The third-order valence-electron chi connectivity index (χ3n) is 3.07. The summed E-state index contributed by atoms with van der Waals surface area (Å²) >= 11 is 6.04. The molecule has 0 saturated heterocycles. The van der Waals surface area contributed by atoms with Gasteiger partial charge < -0.3 is 4.74 Å². The van der Waals surface area contributed by atoms with E-state index in [1.54, 1.807) is 24.3 Å². The molecule has 0 heterocycles. The van der Waals surface area contributed by atoms with E-state index in [9.17, 15) is 5.26 Å². The van der Waals surface area contributed by atoms with Crippen molar-refractivity contribution < 1.29 is 4.74 Å². The van der Waals surface area contributed by atoms with Crippen LogP contribution in [0.4, 0.5) is 0 Å². The molecule has 2 aromatic carbocycles. The molecule has 2 rings (SSSR count). The summed E-state index contributed by atoms with van der Waals surface area (Å²) in [5.74, 6) is 3.02. The van der Waals surface area contributed by atoms with Gasteiger partial charge in [-0.3, -0.25) is 0 Å². The van der Waals surface area contributed by atoms with Crippen molar-refractivity contribution in [1.82, 2.24) is 0 Å². The van der Waals surface area contributed by atoms with Gasteiger partial charge in [-0.05, 0) is 36.8 Å². The summed E-state index contributed by atoms with van der Waals surface area (Å²) in [6, 6.07) is 15.2. The number of benzene rings is 2. The SMILES string of the molecule is C#CCOc1ccc(Cl)cc1/C=C(\C#N)c1ccc(C)cc1. The predicted octanol–water partition coefficient (Wildman–Crippen LogP) is 4.72. The molecule has 22 heavy (non-hydrogen) atoms. The van der Waals surface area contributed by atoms with Gasteiger partial charge in [0.1, 0.15) is 12.4 Å². The van der Waals surface area contributed by atoms with E-state index in [0.29, 0.717) is 16.3 Å². The molecular weight excluding hydrogens is 294 g/mol. The zero-order chi connectivity index (χ0) is 15.9. The summed E-state index contributed by atoms with van der Waals surface area (Å²) < 4.78 is 5.49. The maximum atomic E-state index is 9.42. The van der Waals surface area contributed by atoms with Gasteiger partial charge in [-0.25, -0.2) is 0 Å². The molecule has 0 aliphatic heterocycles. The Labute approximate surface area is 135 Å². The molecule has 0 aliphatic carbocycles. The molecule has 0 unspecified atom stereocenters. The first-order valence-corrected chi connectivity index (χ1v) is 7.06. The highest BCUT2D eigenvalue weighted by Gasteiger charge is 2.06. The molecule has 0 atom stereocenters. The Hall–Kier alpha value is -2.68. The fourth-order valence-corrected chi connectivity index (χ4v) is 2.13. The summed E-state index contributed by atoms with van der Waals surface area (Å²) in [4.78, 5) is 0. The number of hydrogen-bond donors (Lipinski definition) is 0. The molecule has 2 aromatic rings. The number of rotatable bonds is 4. The number of nitrogens with zero attached hydrogens (tertiary/aromatic N) is 1. The Morgan fingerprint density at radius 1 is 1.27 bits per heavy atom. The molecule has 0 fully saturated rings. The highest BCUT2D eigenvalue weighted by atomic mass is 35.5. The Morgan fingerprint density at radius 2 is 2.00 bits per heavy atom. The van der Waals surface area contributed by atoms with E-state index in [1.807, 2.05) is 31.2 Å². The van der Waals surface area contributed by atoms with Gasteiger partial charge >= 0.3 is 0 Å². The first-order chi connectivity index (χ1) is 10.6. The van der Waals surface area contributed by atoms with Crippen molar-refractivity contribution in [3.63, 3.8) is 0 Å². The zero-order valence-electron chi connectivity index (χ0n) is 12.1. The van der Waals surface area contributed by atoms with Crippen molar-refractivity contribution in [2.24, 2.45) is 0 Å². The van der Waals surface area contributed by atoms with Crippen LogP contribution in [0.1, 0.15) is 16.7 Å². The van der Waals surface area contributed by atoms with Gasteiger partial charge in [0.2, 0.25) is 0 Å². The number of aryl methyl sites for hydroxylation is 1. The lowest BCUT2D eigenvalue weighted by Crippen LogP contribution is -1.95. The highest BCUT2D eigenvalue weighted by Crippen LogP contribution is 2.27. The lowest BCUT2D eigenvalue weighted by atomic mass is 10.0. The van der Waals surface area contributed by atoms with Crippen molar-refractivity contribution in [1.29, 1.82) is 5.26 Å². The Morgan fingerprint density at radius 3 is 2.64 bits per heavy atom. The molecule has 3 heteroatoms. The van der Waals surface area contributed by atoms with Gasteiger partial charge in [0.25, 0.3) is 0 Å². The van der Waals surface area contributed by atoms with Crippen LogP contribution in [-0.2, 0) is 0 Å². The van der Waals surface area contributed by atoms with Crippen LogP contribution in [0.5, 0.6) is 5.75 Å². The molecule has 2 nitrogen and oxygen atoms in total. The van der Waals surface area contributed by atoms with Crippen LogP contribution in [0.25, 0.3) is 11.6 Å². The molecule has 0 bridgehead atoms. The van der Waals surface area contributed by atoms with E-state index in [0.717, 1.165) is 16.7 Å². The molecule has 0 N–H and O–H groups in total. The second kappa shape index (κ2) is 7.36. The van der Waals surface area contributed by atoms with E-state index in [-0.39, 0.29) is 6.61 Å². The van der Waals surface area contributed by atoms with Crippen molar-refractivity contribution in [3.8, 4) is 24.2 Å². The fourth-order valence-electron chi connectivity index (χ4n) is 1.95. The topological polar surface area (TPSA) is 33.0 Å². The Bertz CT molecular complexity index is 777. The molecule has 0 amide bonds. The summed E-state index contributed by atoms with van der Waals surface area (Å²) in [6.07, 6.45) is 6.97. The lowest BCUT2D eigenvalue weighted by Gasteiger charge is -2.08. The van der Waals surface area contributed by atoms with Gasteiger partial charge in [0, 0.05) is 10.6 Å². The van der Waals surface area contributed by atoms with Crippen molar-refractivity contribution in [2.45, 2.75) is 6.92 Å². The maximum absolute atomic E-state index is 9.42. The predicted molar refractivity (Wildman–Crippen MR) is 90.4 cm³/mol. The van der Waals surface area contributed by atoms with Crippen LogP contribution in [0, 0.1) is 30.6 Å². The van der Waals surface area contributed by atoms with Crippen molar-refractivity contribution in [3.05, 3.63) is 64.2 Å². The average Bonchev–Trinajstić information content (AvgIpc) is 2.53. The second-order valence-electron chi connectivity index (χ2n) is 4.71. The minimum atomic E-state index is 0.162. The largest absolute Gasteiger partial charge is 0.480 e. The van der Waals surface area contributed by atoms with E-state index in [1.165, 1.54) is 0 Å². The van der Waals surface area contributed by atoms with Gasteiger partial charge in [-0.2, -0.15) is 5.26 Å². The summed E-state index contributed by atoms with van der Waals surface area (Å²) in [5.41, 5.74) is 3.24. The van der Waals surface area contributed by atoms with Crippen molar-refractivity contribution in [2.75, 3.05) is 6.61 Å². The summed E-state index contributed by atoms with van der Waals surface area (Å²) in [6.45, 7) is 2.16. The Balaban J connectivity index is 2.45. The monoisotopic (exact) mass is 307 g/mol. The third-order valence-corrected chi connectivity index (χ3v) is 3.30. The van der Waals surface area contributed by atoms with E-state index >= 15 is 0 Å². The maximum Gasteiger partial charge on any atom is 0.148 e. The molecule has 108 valence electrons. The average molecular weight is 308 g/mol. The van der Waals surface area contributed by atoms with Crippen LogP contribution in [0.2, 0.25) is 5.02 Å². The fraction of sp³-hybridized carbons (Fsp3) is 0.105. The van der Waals surface area contributed by atoms with E-state index in [4.69, 9.17) is 22.8 Å². The minimum absolute atomic E-state index is 0.162. The minimum Gasteiger partial charge on any atom is -0.480 e. The molecule has 0 saturated carbocycles. The van der Waals surface area contributed by atoms with Gasteiger partial charge in [-0.1, -0.05) is 47.4 Å². The van der Waals surface area contributed by atoms with Gasteiger partial charge in [0.15, 0.2) is 0 Å². The van der Waals surface area contributed by atoms with Gasteiger partial charge in [0.05, 0.1) is 11.6 Å². The van der Waals surface area contributed by atoms with Crippen LogP contribution in [-0.4, -0.2) is 6.61 Å². The first kappa shape index (κ1) is 15.7. The standard InChI is InChI=1S/C19H14ClNO/c1-3-10-22-19-9-8-18(20)12-16(19)11-17(13-21)15-6-4-14(2)5-7-15/h1,4-9,11-12H,10H2,2H3/b17-11+. The van der Waals surface area contributed by atoms with Gasteiger partial charge in [-0.15, -0.1) is 6.42 Å².